The Morgan fingerprint density at radius 2 is 1.96 bits per heavy atom. The minimum absolute atomic E-state index is 0.0152. The van der Waals surface area contributed by atoms with Gasteiger partial charge in [-0.2, -0.15) is 0 Å². The van der Waals surface area contributed by atoms with E-state index in [1.807, 2.05) is 0 Å². The number of benzene rings is 1. The van der Waals surface area contributed by atoms with Crippen molar-refractivity contribution in [3.63, 3.8) is 0 Å². The molecule has 0 atom stereocenters. The van der Waals surface area contributed by atoms with Crippen LogP contribution in [0.15, 0.2) is 23.6 Å². The van der Waals surface area contributed by atoms with E-state index in [1.54, 1.807) is 0 Å². The van der Waals surface area contributed by atoms with Gasteiger partial charge in [0, 0.05) is 22.5 Å². The number of aromatic hydroxyl groups is 1. The Bertz CT molecular complexity index is 1100. The van der Waals surface area contributed by atoms with Gasteiger partial charge in [-0.1, -0.05) is 0 Å². The predicted octanol–water partition coefficient (Wildman–Crippen LogP) is 4.07. The molecule has 2 aromatic heterocycles. The monoisotopic (exact) mass is 417 g/mol. The molecule has 0 amide bonds. The van der Waals surface area contributed by atoms with E-state index in [1.165, 1.54) is 13.0 Å². The first-order valence-corrected chi connectivity index (χ1v) is 8.49. The van der Waals surface area contributed by atoms with Crippen LogP contribution in [0.5, 0.6) is 10.8 Å². The van der Waals surface area contributed by atoms with Crippen LogP contribution in [-0.2, 0) is 11.2 Å². The smallest absolute Gasteiger partial charge is 0.505 e. The Morgan fingerprint density at radius 1 is 1.29 bits per heavy atom. The molecular weight excluding hydrogens is 406 g/mol. The molecule has 0 aliphatic rings. The number of nitrogens with zero attached hydrogens (tertiary/aromatic N) is 1. The minimum Gasteiger partial charge on any atom is -0.505 e. The van der Waals surface area contributed by atoms with Crippen LogP contribution >= 0.6 is 11.3 Å². The standard InChI is InChI=1S/C17H11F4NO5S/c1-7-9(5-12(24)25)14-10(2-3-11(23)15(14)18)22(7)16(26)8-4-13(28-6-8)27-17(19,20)21/h2-4,6,23H,5H2,1H3,(H,24,25). The molecule has 0 aliphatic carbocycles. The number of phenols is 1. The first-order chi connectivity index (χ1) is 13.0. The first-order valence-electron chi connectivity index (χ1n) is 7.61. The van der Waals surface area contributed by atoms with E-state index in [9.17, 15) is 32.3 Å². The molecule has 0 saturated heterocycles. The van der Waals surface area contributed by atoms with Crippen LogP contribution in [0.4, 0.5) is 17.6 Å². The van der Waals surface area contributed by atoms with Gasteiger partial charge >= 0.3 is 12.3 Å². The zero-order valence-corrected chi connectivity index (χ0v) is 14.8. The van der Waals surface area contributed by atoms with Crippen molar-refractivity contribution >= 4 is 34.1 Å². The highest BCUT2D eigenvalue weighted by atomic mass is 32.1. The Balaban J connectivity index is 2.15. The van der Waals surface area contributed by atoms with Crippen LogP contribution in [0, 0.1) is 12.7 Å². The Hall–Kier alpha value is -3.08. The minimum atomic E-state index is -4.92. The van der Waals surface area contributed by atoms with Crippen molar-refractivity contribution in [3.05, 3.63) is 46.2 Å². The van der Waals surface area contributed by atoms with Gasteiger partial charge in [0.15, 0.2) is 16.6 Å². The summed E-state index contributed by atoms with van der Waals surface area (Å²) in [6.07, 6.45) is -5.54. The summed E-state index contributed by atoms with van der Waals surface area (Å²) in [6.45, 7) is 1.38. The fourth-order valence-corrected chi connectivity index (χ4v) is 3.63. The molecule has 3 rings (SSSR count). The van der Waals surface area contributed by atoms with E-state index in [4.69, 9.17) is 5.11 Å². The number of thiophene rings is 1. The van der Waals surface area contributed by atoms with Crippen molar-refractivity contribution in [3.8, 4) is 10.8 Å². The number of halogens is 4. The summed E-state index contributed by atoms with van der Waals surface area (Å²) in [7, 11) is 0. The topological polar surface area (TPSA) is 88.8 Å². The third-order valence-corrected chi connectivity index (χ3v) is 4.79. The highest BCUT2D eigenvalue weighted by Crippen LogP contribution is 2.35. The lowest BCUT2D eigenvalue weighted by Crippen LogP contribution is -2.16. The molecular formula is C17H11F4NO5S. The van der Waals surface area contributed by atoms with Crippen molar-refractivity contribution in [2.45, 2.75) is 19.7 Å². The van der Waals surface area contributed by atoms with E-state index < -0.39 is 41.3 Å². The molecule has 0 saturated carbocycles. The number of carboxylic acid groups (broad SMARTS) is 1. The molecule has 0 unspecified atom stereocenters. The van der Waals surface area contributed by atoms with E-state index >= 15 is 0 Å². The number of phenolic OH excluding ortho intramolecular Hbond substituents is 1. The lowest BCUT2D eigenvalue weighted by atomic mass is 10.1. The van der Waals surface area contributed by atoms with Gasteiger partial charge in [0.1, 0.15) is 0 Å². The van der Waals surface area contributed by atoms with Gasteiger partial charge in [-0.3, -0.25) is 14.2 Å². The fourth-order valence-electron chi connectivity index (χ4n) is 2.88. The normalized spacial score (nSPS) is 11.8. The van der Waals surface area contributed by atoms with E-state index in [2.05, 4.69) is 4.74 Å². The van der Waals surface area contributed by atoms with E-state index in [0.29, 0.717) is 11.3 Å². The number of carbonyl (C=O) groups is 2. The first kappa shape index (κ1) is 19.7. The van der Waals surface area contributed by atoms with Gasteiger partial charge in [0.05, 0.1) is 17.5 Å². The lowest BCUT2D eigenvalue weighted by Gasteiger charge is -2.07. The fraction of sp³-hybridized carbons (Fsp3) is 0.176. The van der Waals surface area contributed by atoms with Crippen molar-refractivity contribution < 1.29 is 42.1 Å². The van der Waals surface area contributed by atoms with Gasteiger partial charge < -0.3 is 14.9 Å². The number of hydrogen-bond donors (Lipinski definition) is 2. The Morgan fingerprint density at radius 3 is 2.57 bits per heavy atom. The van der Waals surface area contributed by atoms with Gasteiger partial charge in [0.25, 0.3) is 5.91 Å². The number of carbonyl (C=O) groups excluding carboxylic acids is 1. The summed E-state index contributed by atoms with van der Waals surface area (Å²) in [6, 6.07) is 3.11. The summed E-state index contributed by atoms with van der Waals surface area (Å²) >= 11 is 0.549. The highest BCUT2D eigenvalue weighted by molar-refractivity contribution is 7.12. The second-order valence-electron chi connectivity index (χ2n) is 5.77. The molecule has 11 heteroatoms. The van der Waals surface area contributed by atoms with Crippen LogP contribution < -0.4 is 4.74 Å². The summed E-state index contributed by atoms with van der Waals surface area (Å²) < 4.78 is 56.2. The summed E-state index contributed by atoms with van der Waals surface area (Å²) in [5.41, 5.74) is -0.0965. The molecule has 0 bridgehead atoms. The number of aromatic nitrogens is 1. The van der Waals surface area contributed by atoms with Crippen LogP contribution in [0.2, 0.25) is 0 Å². The quantitative estimate of drug-likeness (QED) is 0.625. The lowest BCUT2D eigenvalue weighted by molar-refractivity contribution is -0.273. The van der Waals surface area contributed by atoms with E-state index in [-0.39, 0.29) is 27.7 Å². The van der Waals surface area contributed by atoms with Crippen LogP contribution in [-0.4, -0.2) is 33.0 Å². The number of fused-ring (bicyclic) bond motifs is 1. The molecule has 1 aromatic carbocycles. The van der Waals surface area contributed by atoms with Crippen LogP contribution in [0.25, 0.3) is 10.9 Å². The second kappa shape index (κ2) is 6.82. The average Bonchev–Trinajstić information content (AvgIpc) is 3.12. The number of hydrogen-bond acceptors (Lipinski definition) is 5. The molecule has 0 radical (unpaired) electrons. The maximum Gasteiger partial charge on any atom is 0.573 e. The number of aliphatic carboxylic acids is 1. The maximum absolute atomic E-state index is 14.4. The second-order valence-corrected chi connectivity index (χ2v) is 6.64. The molecule has 0 fully saturated rings. The SMILES string of the molecule is Cc1c(CC(=O)O)c2c(F)c(O)ccc2n1C(=O)c1csc(OC(F)(F)F)c1. The molecule has 2 N–H and O–H groups in total. The molecule has 0 spiro atoms. The van der Waals surface area contributed by atoms with Crippen molar-refractivity contribution in [1.29, 1.82) is 0 Å². The maximum atomic E-state index is 14.4. The van der Waals surface area contributed by atoms with Crippen LogP contribution in [0.1, 0.15) is 21.6 Å². The van der Waals surface area contributed by atoms with Crippen LogP contribution in [0.3, 0.4) is 0 Å². The average molecular weight is 417 g/mol. The highest BCUT2D eigenvalue weighted by Gasteiger charge is 2.32. The van der Waals surface area contributed by atoms with Crippen molar-refractivity contribution in [1.82, 2.24) is 4.57 Å². The van der Waals surface area contributed by atoms with Gasteiger partial charge in [-0.15, -0.1) is 24.5 Å². The summed E-state index contributed by atoms with van der Waals surface area (Å²) in [4.78, 5) is 24.0. The number of rotatable bonds is 4. The molecule has 3 aromatic rings. The number of ether oxygens (including phenoxy) is 1. The number of carboxylic acids is 1. The largest absolute Gasteiger partial charge is 0.573 e. The molecule has 2 heterocycles. The van der Waals surface area contributed by atoms with Gasteiger partial charge in [0.2, 0.25) is 0 Å². The molecule has 0 aliphatic heterocycles. The van der Waals surface area contributed by atoms with Crippen molar-refractivity contribution in [2.24, 2.45) is 0 Å². The molecule has 6 nitrogen and oxygen atoms in total. The third-order valence-electron chi connectivity index (χ3n) is 3.98. The third kappa shape index (κ3) is 3.52. The predicted molar refractivity (Wildman–Crippen MR) is 90.4 cm³/mol. The molecule has 28 heavy (non-hydrogen) atoms. The Kier molecular flexibility index (Phi) is 4.79. The Labute approximate surface area is 158 Å². The van der Waals surface area contributed by atoms with Gasteiger partial charge in [-0.25, -0.2) is 4.39 Å². The summed E-state index contributed by atoms with van der Waals surface area (Å²) in [5.74, 6) is -3.89. The number of alkyl halides is 3. The van der Waals surface area contributed by atoms with Gasteiger partial charge in [-0.05, 0) is 24.6 Å². The van der Waals surface area contributed by atoms with Crippen molar-refractivity contribution in [2.75, 3.05) is 0 Å². The summed E-state index contributed by atoms with van der Waals surface area (Å²) in [5, 5.41) is 19.0. The van der Waals surface area contributed by atoms with E-state index in [0.717, 1.165) is 22.1 Å². The molecule has 148 valence electrons. The zero-order chi connectivity index (χ0) is 20.8. The zero-order valence-electron chi connectivity index (χ0n) is 14.0.